The highest BCUT2D eigenvalue weighted by Crippen LogP contribution is 2.30. The molecule has 110 valence electrons. The lowest BCUT2D eigenvalue weighted by atomic mass is 10.0. The fourth-order valence-electron chi connectivity index (χ4n) is 2.20. The van der Waals surface area contributed by atoms with E-state index in [1.54, 1.807) is 0 Å². The molecule has 0 amide bonds. The number of rotatable bonds is 2. The Kier molecular flexibility index (Phi) is 3.67. The van der Waals surface area contributed by atoms with Crippen LogP contribution in [0.2, 0.25) is 0 Å². The number of pyridine rings is 1. The Labute approximate surface area is 126 Å². The third-order valence-electron chi connectivity index (χ3n) is 3.38. The molecule has 0 saturated carbocycles. The second kappa shape index (κ2) is 5.64. The topological polar surface area (TPSA) is 12.9 Å². The van der Waals surface area contributed by atoms with Gasteiger partial charge in [-0.2, -0.15) is 13.2 Å². The van der Waals surface area contributed by atoms with Crippen molar-refractivity contribution >= 4 is 0 Å². The summed E-state index contributed by atoms with van der Waals surface area (Å²) in [5.74, 6) is 0. The van der Waals surface area contributed by atoms with Crippen LogP contribution in [0.25, 0.3) is 22.4 Å². The van der Waals surface area contributed by atoms with Crippen molar-refractivity contribution in [1.29, 1.82) is 0 Å². The molecule has 0 aliphatic rings. The Morgan fingerprint density at radius 3 is 1.77 bits per heavy atom. The standard InChI is InChI=1S/C18H12F3N/c19-18(20,21)16-10-11-17(22-12-16)15-8-6-14(7-9-15)13-4-2-1-3-5-13/h1-12H. The molecule has 0 atom stereocenters. The van der Waals surface area contributed by atoms with E-state index in [-0.39, 0.29) is 0 Å². The second-order valence-corrected chi connectivity index (χ2v) is 4.87. The van der Waals surface area contributed by atoms with Crippen molar-refractivity contribution < 1.29 is 13.2 Å². The normalized spacial score (nSPS) is 11.4. The van der Waals surface area contributed by atoms with Gasteiger partial charge in [-0.05, 0) is 23.3 Å². The molecular formula is C18H12F3N. The zero-order valence-electron chi connectivity index (χ0n) is 11.5. The Balaban J connectivity index is 1.87. The molecule has 0 N–H and O–H groups in total. The molecule has 1 nitrogen and oxygen atoms in total. The maximum Gasteiger partial charge on any atom is 0.417 e. The number of halogens is 3. The molecule has 22 heavy (non-hydrogen) atoms. The average molecular weight is 299 g/mol. The summed E-state index contributed by atoms with van der Waals surface area (Å²) in [5, 5.41) is 0. The summed E-state index contributed by atoms with van der Waals surface area (Å²) in [6, 6.07) is 19.9. The van der Waals surface area contributed by atoms with E-state index in [0.717, 1.165) is 29.0 Å². The molecule has 1 heterocycles. The molecule has 3 rings (SSSR count). The zero-order valence-corrected chi connectivity index (χ0v) is 11.5. The zero-order chi connectivity index (χ0) is 15.6. The summed E-state index contributed by atoms with van der Waals surface area (Å²) in [7, 11) is 0. The van der Waals surface area contributed by atoms with Crippen LogP contribution in [-0.2, 0) is 6.18 Å². The van der Waals surface area contributed by atoms with E-state index in [9.17, 15) is 13.2 Å². The molecule has 0 fully saturated rings. The molecule has 1 aromatic heterocycles. The molecule has 4 heteroatoms. The minimum absolute atomic E-state index is 0.521. The molecule has 0 unspecified atom stereocenters. The predicted octanol–water partition coefficient (Wildman–Crippen LogP) is 5.43. The van der Waals surface area contributed by atoms with Crippen molar-refractivity contribution in [3.8, 4) is 22.4 Å². The SMILES string of the molecule is FC(F)(F)c1ccc(-c2ccc(-c3ccccc3)cc2)nc1. The van der Waals surface area contributed by atoms with Crippen molar-refractivity contribution in [3.63, 3.8) is 0 Å². The Bertz CT molecular complexity index is 745. The molecule has 0 saturated heterocycles. The van der Waals surface area contributed by atoms with Crippen LogP contribution in [0.15, 0.2) is 72.9 Å². The van der Waals surface area contributed by atoms with Gasteiger partial charge in [-0.15, -0.1) is 0 Å². The van der Waals surface area contributed by atoms with E-state index >= 15 is 0 Å². The maximum atomic E-state index is 12.5. The minimum Gasteiger partial charge on any atom is -0.256 e. The monoisotopic (exact) mass is 299 g/mol. The van der Waals surface area contributed by atoms with Gasteiger partial charge in [-0.25, -0.2) is 0 Å². The molecule has 2 aromatic carbocycles. The van der Waals surface area contributed by atoms with Gasteiger partial charge in [-0.1, -0.05) is 54.6 Å². The van der Waals surface area contributed by atoms with Crippen molar-refractivity contribution in [1.82, 2.24) is 4.98 Å². The quantitative estimate of drug-likeness (QED) is 0.614. The number of alkyl halides is 3. The van der Waals surface area contributed by atoms with E-state index in [2.05, 4.69) is 4.98 Å². The molecule has 0 radical (unpaired) electrons. The first-order chi connectivity index (χ1) is 10.5. The van der Waals surface area contributed by atoms with Gasteiger partial charge >= 0.3 is 6.18 Å². The van der Waals surface area contributed by atoms with Gasteiger partial charge in [0, 0.05) is 11.8 Å². The van der Waals surface area contributed by atoms with Crippen molar-refractivity contribution in [3.05, 3.63) is 78.5 Å². The molecule has 3 aromatic rings. The van der Waals surface area contributed by atoms with E-state index in [1.807, 2.05) is 54.6 Å². The third-order valence-corrected chi connectivity index (χ3v) is 3.38. The van der Waals surface area contributed by atoms with Crippen LogP contribution >= 0.6 is 0 Å². The fourth-order valence-corrected chi connectivity index (χ4v) is 2.20. The Morgan fingerprint density at radius 1 is 0.636 bits per heavy atom. The van der Waals surface area contributed by atoms with E-state index in [4.69, 9.17) is 0 Å². The smallest absolute Gasteiger partial charge is 0.256 e. The highest BCUT2D eigenvalue weighted by Gasteiger charge is 2.30. The average Bonchev–Trinajstić information content (AvgIpc) is 2.55. The minimum atomic E-state index is -4.36. The number of nitrogens with zero attached hydrogens (tertiary/aromatic N) is 1. The van der Waals surface area contributed by atoms with Gasteiger partial charge in [0.2, 0.25) is 0 Å². The summed E-state index contributed by atoms with van der Waals surface area (Å²) < 4.78 is 37.6. The van der Waals surface area contributed by atoms with Gasteiger partial charge < -0.3 is 0 Å². The molecule has 0 spiro atoms. The highest BCUT2D eigenvalue weighted by atomic mass is 19.4. The largest absolute Gasteiger partial charge is 0.417 e. The van der Waals surface area contributed by atoms with E-state index in [1.165, 1.54) is 6.07 Å². The van der Waals surface area contributed by atoms with Crippen LogP contribution < -0.4 is 0 Å². The predicted molar refractivity (Wildman–Crippen MR) is 80.1 cm³/mol. The van der Waals surface area contributed by atoms with Gasteiger partial charge in [0.05, 0.1) is 11.3 Å². The fraction of sp³-hybridized carbons (Fsp3) is 0.0556. The van der Waals surface area contributed by atoms with Crippen molar-refractivity contribution in [2.45, 2.75) is 6.18 Å². The lowest BCUT2D eigenvalue weighted by molar-refractivity contribution is -0.137. The first-order valence-corrected chi connectivity index (χ1v) is 6.73. The van der Waals surface area contributed by atoms with E-state index < -0.39 is 11.7 Å². The van der Waals surface area contributed by atoms with Gasteiger partial charge in [0.15, 0.2) is 0 Å². The first kappa shape index (κ1) is 14.3. The van der Waals surface area contributed by atoms with Gasteiger partial charge in [-0.3, -0.25) is 4.98 Å². The number of hydrogen-bond donors (Lipinski definition) is 0. The molecule has 0 bridgehead atoms. The van der Waals surface area contributed by atoms with Crippen LogP contribution in [0.3, 0.4) is 0 Å². The number of aromatic nitrogens is 1. The first-order valence-electron chi connectivity index (χ1n) is 6.73. The Hall–Kier alpha value is -2.62. The molecule has 0 aliphatic heterocycles. The van der Waals surface area contributed by atoms with Crippen LogP contribution in [0, 0.1) is 0 Å². The van der Waals surface area contributed by atoms with E-state index in [0.29, 0.717) is 5.69 Å². The second-order valence-electron chi connectivity index (χ2n) is 4.87. The van der Waals surface area contributed by atoms with Crippen LogP contribution in [0.1, 0.15) is 5.56 Å². The number of benzene rings is 2. The van der Waals surface area contributed by atoms with Crippen molar-refractivity contribution in [2.24, 2.45) is 0 Å². The highest BCUT2D eigenvalue weighted by molar-refractivity contribution is 5.68. The summed E-state index contributed by atoms with van der Waals surface area (Å²) in [4.78, 5) is 3.90. The third kappa shape index (κ3) is 3.01. The summed E-state index contributed by atoms with van der Waals surface area (Å²) >= 11 is 0. The van der Waals surface area contributed by atoms with Gasteiger partial charge in [0.1, 0.15) is 0 Å². The van der Waals surface area contributed by atoms with Gasteiger partial charge in [0.25, 0.3) is 0 Å². The summed E-state index contributed by atoms with van der Waals surface area (Å²) in [6.45, 7) is 0. The summed E-state index contributed by atoms with van der Waals surface area (Å²) in [6.07, 6.45) is -3.50. The van der Waals surface area contributed by atoms with Crippen molar-refractivity contribution in [2.75, 3.05) is 0 Å². The molecular weight excluding hydrogens is 287 g/mol. The van der Waals surface area contributed by atoms with Crippen LogP contribution in [0.5, 0.6) is 0 Å². The lowest BCUT2D eigenvalue weighted by Crippen LogP contribution is -2.05. The molecule has 0 aliphatic carbocycles. The van der Waals surface area contributed by atoms with Crippen LogP contribution in [-0.4, -0.2) is 4.98 Å². The summed E-state index contributed by atoms with van der Waals surface area (Å²) in [5.41, 5.74) is 2.71. The van der Waals surface area contributed by atoms with Crippen LogP contribution in [0.4, 0.5) is 13.2 Å². The number of hydrogen-bond acceptors (Lipinski definition) is 1. The Morgan fingerprint density at radius 2 is 1.23 bits per heavy atom. The maximum absolute atomic E-state index is 12.5. The lowest BCUT2D eigenvalue weighted by Gasteiger charge is -2.07.